The fraction of sp³-hybridized carbons (Fsp3) is 0. The Kier molecular flexibility index (Phi) is 2.48. The maximum atomic E-state index is 5.24. The van der Waals surface area contributed by atoms with E-state index in [2.05, 4.69) is 20.9 Å². The zero-order chi connectivity index (χ0) is 8.27. The van der Waals surface area contributed by atoms with Crippen LogP contribution in [0.15, 0.2) is 28.7 Å². The van der Waals surface area contributed by atoms with Gasteiger partial charge in [0.25, 0.3) is 0 Å². The van der Waals surface area contributed by atoms with Crippen LogP contribution >= 0.6 is 15.9 Å². The summed E-state index contributed by atoms with van der Waals surface area (Å²) in [7, 11) is 0. The van der Waals surface area contributed by atoms with Gasteiger partial charge in [0.2, 0.25) is 0 Å². The van der Waals surface area contributed by atoms with E-state index in [0.29, 0.717) is 0 Å². The van der Waals surface area contributed by atoms with Gasteiger partial charge in [-0.05, 0) is 18.2 Å². The molecule has 0 atom stereocenters. The second-order valence-corrected chi connectivity index (χ2v) is 3.01. The van der Waals surface area contributed by atoms with Crippen LogP contribution in [0.25, 0.3) is 0 Å². The highest BCUT2D eigenvalue weighted by molar-refractivity contribution is 9.10. The highest BCUT2D eigenvalue weighted by Gasteiger charge is 1.92. The second-order valence-electron chi connectivity index (χ2n) is 2.09. The van der Waals surface area contributed by atoms with Crippen LogP contribution in [0.3, 0.4) is 0 Å². The molecule has 1 aromatic rings. The van der Waals surface area contributed by atoms with Crippen molar-refractivity contribution >= 4 is 27.6 Å². The third kappa shape index (κ3) is 2.59. The van der Waals surface area contributed by atoms with Gasteiger partial charge >= 0.3 is 5.96 Å². The Morgan fingerprint density at radius 2 is 2.09 bits per heavy atom. The average Bonchev–Trinajstić information content (AvgIpc) is 1.85. The van der Waals surface area contributed by atoms with Crippen LogP contribution in [-0.2, 0) is 0 Å². The van der Waals surface area contributed by atoms with E-state index < -0.39 is 0 Å². The lowest BCUT2D eigenvalue weighted by Crippen LogP contribution is -2.72. The fourth-order valence-corrected chi connectivity index (χ4v) is 1.13. The summed E-state index contributed by atoms with van der Waals surface area (Å²) in [5.74, 6) is 0.197. The second kappa shape index (κ2) is 3.39. The Morgan fingerprint density at radius 1 is 1.36 bits per heavy atom. The van der Waals surface area contributed by atoms with Gasteiger partial charge in [0.15, 0.2) is 0 Å². The first kappa shape index (κ1) is 8.07. The lowest BCUT2D eigenvalue weighted by molar-refractivity contribution is -0.356. The van der Waals surface area contributed by atoms with E-state index in [4.69, 9.17) is 11.5 Å². The Balaban J connectivity index is 2.97. The maximum absolute atomic E-state index is 5.24. The van der Waals surface area contributed by atoms with Gasteiger partial charge in [0.1, 0.15) is 5.69 Å². The molecular weight excluding hydrogens is 206 g/mol. The van der Waals surface area contributed by atoms with Gasteiger partial charge in [0.05, 0.1) is 0 Å². The monoisotopic (exact) mass is 214 g/mol. The molecule has 11 heavy (non-hydrogen) atoms. The van der Waals surface area contributed by atoms with E-state index in [1.165, 1.54) is 0 Å². The molecule has 0 aliphatic heterocycles. The molecule has 0 aromatic heterocycles. The van der Waals surface area contributed by atoms with Crippen LogP contribution < -0.4 is 16.5 Å². The Labute approximate surface area is 73.2 Å². The molecule has 58 valence electrons. The number of rotatable bonds is 1. The molecule has 0 heterocycles. The smallest absolute Gasteiger partial charge is 0.291 e. The van der Waals surface area contributed by atoms with Gasteiger partial charge in [0, 0.05) is 4.47 Å². The van der Waals surface area contributed by atoms with Crippen molar-refractivity contribution in [2.75, 3.05) is 0 Å². The van der Waals surface area contributed by atoms with E-state index >= 15 is 0 Å². The lowest BCUT2D eigenvalue weighted by atomic mass is 10.3. The topological polar surface area (TPSA) is 66.0 Å². The van der Waals surface area contributed by atoms with Crippen molar-refractivity contribution in [3.63, 3.8) is 0 Å². The van der Waals surface area contributed by atoms with Crippen LogP contribution in [0.4, 0.5) is 5.69 Å². The zero-order valence-electron chi connectivity index (χ0n) is 5.84. The third-order valence-electron chi connectivity index (χ3n) is 1.11. The number of nitrogens with one attached hydrogen (secondary N) is 1. The summed E-state index contributed by atoms with van der Waals surface area (Å²) in [6.07, 6.45) is 0. The molecule has 0 unspecified atom stereocenters. The molecule has 0 amide bonds. The molecule has 0 radical (unpaired) electrons. The van der Waals surface area contributed by atoms with Crippen molar-refractivity contribution < 1.29 is 4.99 Å². The van der Waals surface area contributed by atoms with E-state index in [9.17, 15) is 0 Å². The summed E-state index contributed by atoms with van der Waals surface area (Å²) in [5, 5.41) is 0. The Bertz CT molecular complexity index is 279. The number of halogens is 1. The number of benzene rings is 1. The van der Waals surface area contributed by atoms with Gasteiger partial charge in [-0.1, -0.05) is 22.0 Å². The summed E-state index contributed by atoms with van der Waals surface area (Å²) in [5.41, 5.74) is 11.4. The SMILES string of the molecule is NC(N)=[NH+]c1cccc(Br)c1. The first-order valence-corrected chi connectivity index (χ1v) is 3.88. The molecule has 3 nitrogen and oxygen atoms in total. The van der Waals surface area contributed by atoms with Crippen LogP contribution in [0.5, 0.6) is 0 Å². The van der Waals surface area contributed by atoms with Gasteiger partial charge < -0.3 is 0 Å². The number of guanidine groups is 1. The van der Waals surface area contributed by atoms with E-state index in [-0.39, 0.29) is 5.96 Å². The first-order valence-electron chi connectivity index (χ1n) is 3.09. The molecule has 1 aromatic carbocycles. The molecule has 0 bridgehead atoms. The van der Waals surface area contributed by atoms with Crippen molar-refractivity contribution in [2.45, 2.75) is 0 Å². The number of nitrogens with two attached hydrogens (primary N) is 2. The largest absolute Gasteiger partial charge is 0.343 e. The highest BCUT2D eigenvalue weighted by Crippen LogP contribution is 2.10. The predicted molar refractivity (Wildman–Crippen MR) is 48.1 cm³/mol. The average molecular weight is 215 g/mol. The minimum absolute atomic E-state index is 0.197. The fourth-order valence-electron chi connectivity index (χ4n) is 0.733. The molecule has 0 aliphatic carbocycles. The number of hydrogen-bond donors (Lipinski definition) is 3. The molecule has 5 N–H and O–H groups in total. The summed E-state index contributed by atoms with van der Waals surface area (Å²) in [6, 6.07) is 7.59. The van der Waals surface area contributed by atoms with Gasteiger partial charge in [-0.3, -0.25) is 11.5 Å². The van der Waals surface area contributed by atoms with Crippen molar-refractivity contribution in [3.8, 4) is 0 Å². The summed E-state index contributed by atoms with van der Waals surface area (Å²) < 4.78 is 0.990. The standard InChI is InChI=1S/C7H8BrN3/c8-5-2-1-3-6(4-5)11-7(9)10/h1-4H,(H4,9,10,11)/p+1. The van der Waals surface area contributed by atoms with E-state index in [1.54, 1.807) is 0 Å². The predicted octanol–water partition coefficient (Wildman–Crippen LogP) is -0.565. The normalized spacial score (nSPS) is 9.18. The molecule has 0 fully saturated rings. The molecule has 0 saturated heterocycles. The quantitative estimate of drug-likeness (QED) is 0.434. The minimum Gasteiger partial charge on any atom is -0.291 e. The summed E-state index contributed by atoms with van der Waals surface area (Å²) >= 11 is 3.32. The molecular formula is C7H9BrN3+. The van der Waals surface area contributed by atoms with E-state index in [1.807, 2.05) is 24.3 Å². The van der Waals surface area contributed by atoms with Crippen molar-refractivity contribution in [2.24, 2.45) is 11.5 Å². The Hall–Kier alpha value is -1.03. The third-order valence-corrected chi connectivity index (χ3v) is 1.61. The van der Waals surface area contributed by atoms with Crippen LogP contribution in [0.1, 0.15) is 0 Å². The molecule has 0 aliphatic rings. The van der Waals surface area contributed by atoms with Crippen molar-refractivity contribution in [1.82, 2.24) is 0 Å². The van der Waals surface area contributed by atoms with Gasteiger partial charge in [-0.2, -0.15) is 0 Å². The van der Waals surface area contributed by atoms with Gasteiger partial charge in [-0.25, -0.2) is 4.99 Å². The van der Waals surface area contributed by atoms with Crippen LogP contribution in [-0.4, -0.2) is 5.96 Å². The zero-order valence-corrected chi connectivity index (χ0v) is 7.43. The maximum Gasteiger partial charge on any atom is 0.343 e. The first-order chi connectivity index (χ1) is 5.18. The summed E-state index contributed by atoms with van der Waals surface area (Å²) in [6.45, 7) is 0. The van der Waals surface area contributed by atoms with E-state index in [0.717, 1.165) is 10.2 Å². The minimum atomic E-state index is 0.197. The van der Waals surface area contributed by atoms with Crippen LogP contribution in [0, 0.1) is 0 Å². The van der Waals surface area contributed by atoms with Crippen molar-refractivity contribution in [1.29, 1.82) is 0 Å². The van der Waals surface area contributed by atoms with Crippen molar-refractivity contribution in [3.05, 3.63) is 28.7 Å². The Morgan fingerprint density at radius 3 is 2.64 bits per heavy atom. The molecule has 1 rings (SSSR count). The molecule has 0 saturated carbocycles. The van der Waals surface area contributed by atoms with Crippen LogP contribution in [0.2, 0.25) is 0 Å². The molecule has 0 spiro atoms. The van der Waals surface area contributed by atoms with Gasteiger partial charge in [-0.15, -0.1) is 0 Å². The number of hydrogen-bond acceptors (Lipinski definition) is 0. The highest BCUT2D eigenvalue weighted by atomic mass is 79.9. The molecule has 4 heteroatoms. The summed E-state index contributed by atoms with van der Waals surface area (Å²) in [4.78, 5) is 2.79. The lowest BCUT2D eigenvalue weighted by Gasteiger charge is -1.91.